The van der Waals surface area contributed by atoms with Crippen molar-refractivity contribution in [3.63, 3.8) is 0 Å². The van der Waals surface area contributed by atoms with E-state index in [4.69, 9.17) is 46.4 Å². The number of hydrogen-bond acceptors (Lipinski definition) is 2. The van der Waals surface area contributed by atoms with Crippen molar-refractivity contribution in [2.45, 2.75) is 26.7 Å². The van der Waals surface area contributed by atoms with Crippen molar-refractivity contribution in [2.75, 3.05) is 6.61 Å². The van der Waals surface area contributed by atoms with Crippen LogP contribution in [-0.2, 0) is 9.53 Å². The summed E-state index contributed by atoms with van der Waals surface area (Å²) in [6.07, 6.45) is 2.05. The fourth-order valence-electron chi connectivity index (χ4n) is 0.360. The van der Waals surface area contributed by atoms with E-state index in [1.54, 1.807) is 0 Å². The summed E-state index contributed by atoms with van der Waals surface area (Å²) in [5.74, 6) is -0.182. The summed E-state index contributed by atoms with van der Waals surface area (Å²) in [5.41, 5.74) is 0. The number of unbranched alkanes of at least 4 members (excludes halogenated alkanes) is 1. The Morgan fingerprint density at radius 2 is 1.57 bits per heavy atom. The molecule has 14 heavy (non-hydrogen) atoms. The van der Waals surface area contributed by atoms with Gasteiger partial charge >= 0.3 is 5.97 Å². The van der Waals surface area contributed by atoms with E-state index in [1.165, 1.54) is 6.92 Å². The number of carbonyl (C=O) groups is 1. The molecule has 0 aromatic rings. The second-order valence-corrected chi connectivity index (χ2v) is 4.11. The van der Waals surface area contributed by atoms with E-state index < -0.39 is 0 Å². The van der Waals surface area contributed by atoms with Gasteiger partial charge in [0.05, 0.1) is 6.61 Å². The molecule has 0 heterocycles. The molecular formula is C8H12Cl4O2. The Morgan fingerprint density at radius 3 is 1.79 bits per heavy atom. The summed E-state index contributed by atoms with van der Waals surface area (Å²) < 4.78 is 4.45. The van der Waals surface area contributed by atoms with Gasteiger partial charge in [-0.15, -0.1) is 0 Å². The Balaban J connectivity index is 0. The minimum atomic E-state index is -0.182. The summed E-state index contributed by atoms with van der Waals surface area (Å²) in [5, 5.41) is 0. The molecule has 0 fully saturated rings. The van der Waals surface area contributed by atoms with Crippen LogP contribution in [0, 0.1) is 0 Å². The predicted molar refractivity (Wildman–Crippen MR) is 62.0 cm³/mol. The molecule has 0 atom stereocenters. The first kappa shape index (κ1) is 16.8. The lowest BCUT2D eigenvalue weighted by Gasteiger charge is -1.96. The molecule has 0 N–H and O–H groups in total. The summed E-state index contributed by atoms with van der Waals surface area (Å²) in [6, 6.07) is 0. The molecule has 0 saturated heterocycles. The highest BCUT2D eigenvalue weighted by Crippen LogP contribution is 2.20. The smallest absolute Gasteiger partial charge is 0.302 e. The Bertz CT molecular complexity index is 174. The number of ether oxygens (including phenoxy) is 1. The van der Waals surface area contributed by atoms with Gasteiger partial charge < -0.3 is 4.74 Å². The lowest BCUT2D eigenvalue weighted by atomic mass is 10.4. The highest BCUT2D eigenvalue weighted by atomic mass is 35.5. The van der Waals surface area contributed by atoms with E-state index in [2.05, 4.69) is 11.7 Å². The van der Waals surface area contributed by atoms with Gasteiger partial charge in [-0.25, -0.2) is 0 Å². The van der Waals surface area contributed by atoms with Crippen molar-refractivity contribution < 1.29 is 9.53 Å². The van der Waals surface area contributed by atoms with Crippen molar-refractivity contribution in [3.8, 4) is 0 Å². The second-order valence-electron chi connectivity index (χ2n) is 2.21. The molecule has 0 aliphatic carbocycles. The van der Waals surface area contributed by atoms with E-state index in [9.17, 15) is 4.79 Å². The molecule has 0 unspecified atom stereocenters. The number of hydrogen-bond donors (Lipinski definition) is 0. The van der Waals surface area contributed by atoms with Gasteiger partial charge in [-0.05, 0) is 6.42 Å². The minimum Gasteiger partial charge on any atom is -0.466 e. The molecule has 0 aromatic carbocycles. The van der Waals surface area contributed by atoms with Crippen molar-refractivity contribution >= 4 is 52.4 Å². The molecule has 2 nitrogen and oxygen atoms in total. The highest BCUT2D eigenvalue weighted by molar-refractivity contribution is 6.67. The third-order valence-electron chi connectivity index (χ3n) is 0.946. The Kier molecular flexibility index (Phi) is 13.7. The maximum Gasteiger partial charge on any atom is 0.302 e. The molecule has 0 saturated carbocycles. The first-order chi connectivity index (χ1) is 6.41. The molecule has 0 rings (SSSR count). The van der Waals surface area contributed by atoms with Crippen LogP contribution in [-0.4, -0.2) is 12.6 Å². The Labute approximate surface area is 104 Å². The number of halogens is 4. The summed E-state index contributed by atoms with van der Waals surface area (Å²) in [6.45, 7) is 4.06. The average Bonchev–Trinajstić information content (AvgIpc) is 2.05. The van der Waals surface area contributed by atoms with Crippen molar-refractivity contribution in [3.05, 3.63) is 8.98 Å². The molecule has 0 amide bonds. The van der Waals surface area contributed by atoms with Crippen LogP contribution in [0.2, 0.25) is 0 Å². The largest absolute Gasteiger partial charge is 0.466 e. The lowest BCUT2D eigenvalue weighted by Crippen LogP contribution is -1.99. The molecule has 0 bridgehead atoms. The van der Waals surface area contributed by atoms with E-state index in [0.29, 0.717) is 6.61 Å². The standard InChI is InChI=1S/C6H12O2.C2Cl4/c1-3-4-5-8-6(2)7;3-1(4)2(5)6/h3-5H2,1-2H3;. The molecule has 0 radical (unpaired) electrons. The third kappa shape index (κ3) is 18.2. The maximum absolute atomic E-state index is 10.1. The zero-order valence-corrected chi connectivity index (χ0v) is 11.0. The first-order valence-electron chi connectivity index (χ1n) is 3.91. The van der Waals surface area contributed by atoms with Gasteiger partial charge in [-0.1, -0.05) is 59.7 Å². The molecular weight excluding hydrogens is 270 g/mol. The monoisotopic (exact) mass is 280 g/mol. The molecule has 84 valence electrons. The summed E-state index contributed by atoms with van der Waals surface area (Å²) in [7, 11) is 0. The lowest BCUT2D eigenvalue weighted by molar-refractivity contribution is -0.141. The minimum absolute atomic E-state index is 0.0988. The Morgan fingerprint density at radius 1 is 1.14 bits per heavy atom. The van der Waals surface area contributed by atoms with Crippen molar-refractivity contribution in [1.82, 2.24) is 0 Å². The van der Waals surface area contributed by atoms with Crippen molar-refractivity contribution in [2.24, 2.45) is 0 Å². The molecule has 0 spiro atoms. The van der Waals surface area contributed by atoms with Crippen LogP contribution in [0.1, 0.15) is 26.7 Å². The van der Waals surface area contributed by atoms with Gasteiger partial charge in [-0.2, -0.15) is 0 Å². The zero-order valence-electron chi connectivity index (χ0n) is 7.95. The predicted octanol–water partition coefficient (Wildman–Crippen LogP) is 4.42. The van der Waals surface area contributed by atoms with E-state index in [-0.39, 0.29) is 15.0 Å². The van der Waals surface area contributed by atoms with Crippen LogP contribution in [0.5, 0.6) is 0 Å². The highest BCUT2D eigenvalue weighted by Gasteiger charge is 1.88. The Hall–Kier alpha value is 0.370. The normalized spacial score (nSPS) is 8.43. The van der Waals surface area contributed by atoms with Gasteiger partial charge in [0.2, 0.25) is 0 Å². The van der Waals surface area contributed by atoms with E-state index >= 15 is 0 Å². The van der Waals surface area contributed by atoms with Crippen molar-refractivity contribution in [1.29, 1.82) is 0 Å². The maximum atomic E-state index is 10.1. The van der Waals surface area contributed by atoms with Crippen LogP contribution < -0.4 is 0 Å². The van der Waals surface area contributed by atoms with Gasteiger partial charge in [0.1, 0.15) is 8.98 Å². The van der Waals surface area contributed by atoms with Crippen LogP contribution in [0.3, 0.4) is 0 Å². The molecule has 0 aliphatic rings. The van der Waals surface area contributed by atoms with E-state index in [0.717, 1.165) is 12.8 Å². The first-order valence-corrected chi connectivity index (χ1v) is 5.42. The molecule has 6 heteroatoms. The quantitative estimate of drug-likeness (QED) is 0.565. The SMILES string of the molecule is CCCCOC(C)=O.ClC(Cl)=C(Cl)Cl. The molecule has 0 aromatic heterocycles. The zero-order chi connectivity index (χ0) is 11.6. The van der Waals surface area contributed by atoms with Gasteiger partial charge in [-0.3, -0.25) is 4.79 Å². The summed E-state index contributed by atoms with van der Waals surface area (Å²) in [4.78, 5) is 10.1. The third-order valence-corrected chi connectivity index (χ3v) is 2.09. The van der Waals surface area contributed by atoms with Crippen LogP contribution in [0.25, 0.3) is 0 Å². The topological polar surface area (TPSA) is 26.3 Å². The number of carbonyl (C=O) groups excluding carboxylic acids is 1. The van der Waals surface area contributed by atoms with Gasteiger partial charge in [0.15, 0.2) is 0 Å². The number of esters is 1. The number of rotatable bonds is 3. The fraction of sp³-hybridized carbons (Fsp3) is 0.625. The van der Waals surface area contributed by atoms with Crippen LogP contribution in [0.15, 0.2) is 8.98 Å². The molecule has 0 aliphatic heterocycles. The van der Waals surface area contributed by atoms with Crippen LogP contribution in [0.4, 0.5) is 0 Å². The van der Waals surface area contributed by atoms with Crippen LogP contribution >= 0.6 is 46.4 Å². The van der Waals surface area contributed by atoms with Gasteiger partial charge in [0.25, 0.3) is 0 Å². The van der Waals surface area contributed by atoms with Gasteiger partial charge in [0, 0.05) is 6.92 Å². The second kappa shape index (κ2) is 11.4. The summed E-state index contributed by atoms with van der Waals surface area (Å²) >= 11 is 20.0. The average molecular weight is 282 g/mol. The fourth-order valence-corrected chi connectivity index (χ4v) is 0.360. The van der Waals surface area contributed by atoms with E-state index in [1.807, 2.05) is 0 Å².